The zero-order valence-corrected chi connectivity index (χ0v) is 16.1. The van der Waals surface area contributed by atoms with Crippen LogP contribution in [0.15, 0.2) is 18.2 Å². The number of carboxylic acid groups (broad SMARTS) is 2. The first kappa shape index (κ1) is 20.3. The number of nitrogens with zero attached hydrogens (tertiary/aromatic N) is 1. The van der Waals surface area contributed by atoms with Gasteiger partial charge in [0.1, 0.15) is 5.54 Å². The van der Waals surface area contributed by atoms with Gasteiger partial charge in [0.2, 0.25) is 5.91 Å². The Hall–Kier alpha value is -2.45. The Morgan fingerprint density at radius 1 is 1.36 bits per heavy atom. The van der Waals surface area contributed by atoms with Gasteiger partial charge in [-0.25, -0.2) is 10.3 Å². The Morgan fingerprint density at radius 2 is 2.11 bits per heavy atom. The number of nitrogens with one attached hydrogen (secondary N) is 1. The van der Waals surface area contributed by atoms with E-state index in [0.717, 1.165) is 12.0 Å². The molecule has 8 nitrogen and oxygen atoms in total. The molecule has 1 aromatic carbocycles. The van der Waals surface area contributed by atoms with Crippen molar-refractivity contribution in [3.05, 3.63) is 34.9 Å². The number of aryl methyl sites for hydroxylation is 1. The van der Waals surface area contributed by atoms with Crippen LogP contribution in [-0.2, 0) is 21.0 Å². The topological polar surface area (TPSA) is 116 Å². The van der Waals surface area contributed by atoms with Gasteiger partial charge in [0.25, 0.3) is 0 Å². The second kappa shape index (κ2) is 7.89. The van der Waals surface area contributed by atoms with Gasteiger partial charge in [-0.3, -0.25) is 14.4 Å². The molecule has 2 fully saturated rings. The third-order valence-electron chi connectivity index (χ3n) is 5.84. The molecule has 3 rings (SSSR count). The number of aromatic carboxylic acids is 1. The molecule has 1 saturated heterocycles. The minimum atomic E-state index is -1.01. The normalized spacial score (nSPS) is 26.5. The maximum atomic E-state index is 12.4. The number of aliphatic carboxylic acids is 1. The van der Waals surface area contributed by atoms with E-state index in [9.17, 15) is 24.6 Å². The van der Waals surface area contributed by atoms with Gasteiger partial charge >= 0.3 is 11.9 Å². The SMILES string of the molecule is Cc1ccc(CONCCN2C(=O)C23CCC(C)CC3C(=O)O)c(C(=O)O)c1. The summed E-state index contributed by atoms with van der Waals surface area (Å²) in [6.07, 6.45) is 1.95. The lowest BCUT2D eigenvalue weighted by Crippen LogP contribution is -2.41. The zero-order valence-electron chi connectivity index (χ0n) is 16.1. The van der Waals surface area contributed by atoms with Crippen LogP contribution in [0.4, 0.5) is 0 Å². The number of amides is 1. The average Bonchev–Trinajstić information content (AvgIpc) is 3.20. The van der Waals surface area contributed by atoms with Crippen LogP contribution in [0.1, 0.15) is 47.7 Å². The highest BCUT2D eigenvalue weighted by molar-refractivity contribution is 6.06. The van der Waals surface area contributed by atoms with Crippen LogP contribution in [0.5, 0.6) is 0 Å². The number of carbonyl (C=O) groups is 3. The Morgan fingerprint density at radius 3 is 2.79 bits per heavy atom. The lowest BCUT2D eigenvalue weighted by Gasteiger charge is -2.31. The third kappa shape index (κ3) is 3.74. The Kier molecular flexibility index (Phi) is 5.71. The van der Waals surface area contributed by atoms with Crippen molar-refractivity contribution in [3.8, 4) is 0 Å². The molecular formula is C20H26N2O6. The van der Waals surface area contributed by atoms with Gasteiger partial charge < -0.3 is 15.1 Å². The number of benzene rings is 1. The van der Waals surface area contributed by atoms with E-state index in [4.69, 9.17) is 4.84 Å². The summed E-state index contributed by atoms with van der Waals surface area (Å²) < 4.78 is 0. The molecule has 1 heterocycles. The fraction of sp³-hybridized carbons (Fsp3) is 0.550. The number of carbonyl (C=O) groups excluding carboxylic acids is 1. The first-order valence-corrected chi connectivity index (χ1v) is 9.49. The standard InChI is InChI=1S/C20H26N2O6/c1-12-3-4-14(15(9-12)17(23)24)11-28-21-7-8-22-19(27)20(22)6-5-13(2)10-16(20)18(25)26/h3-4,9,13,16,21H,5-8,10-11H2,1-2H3,(H,23,24)(H,25,26). The van der Waals surface area contributed by atoms with E-state index in [1.54, 1.807) is 17.0 Å². The average molecular weight is 390 g/mol. The number of hydrogen-bond donors (Lipinski definition) is 3. The van der Waals surface area contributed by atoms with Gasteiger partial charge in [0.15, 0.2) is 0 Å². The first-order chi connectivity index (χ1) is 13.3. The van der Waals surface area contributed by atoms with Crippen molar-refractivity contribution in [2.45, 2.75) is 45.3 Å². The van der Waals surface area contributed by atoms with Gasteiger partial charge in [-0.1, -0.05) is 24.6 Å². The van der Waals surface area contributed by atoms with Crippen molar-refractivity contribution in [2.24, 2.45) is 11.8 Å². The van der Waals surface area contributed by atoms with Crippen molar-refractivity contribution in [3.63, 3.8) is 0 Å². The molecule has 1 spiro atoms. The quantitative estimate of drug-likeness (QED) is 0.352. The van der Waals surface area contributed by atoms with Crippen LogP contribution in [0.2, 0.25) is 0 Å². The highest BCUT2D eigenvalue weighted by atomic mass is 16.6. The minimum Gasteiger partial charge on any atom is -0.481 e. The van der Waals surface area contributed by atoms with E-state index in [1.165, 1.54) is 0 Å². The van der Waals surface area contributed by atoms with Crippen molar-refractivity contribution in [2.75, 3.05) is 13.1 Å². The predicted molar refractivity (Wildman–Crippen MR) is 99.5 cm³/mol. The number of carboxylic acids is 2. The summed E-state index contributed by atoms with van der Waals surface area (Å²) in [5, 5.41) is 18.8. The molecule has 1 aliphatic heterocycles. The van der Waals surface area contributed by atoms with Gasteiger partial charge in [-0.15, -0.1) is 0 Å². The summed E-state index contributed by atoms with van der Waals surface area (Å²) in [5.74, 6) is -2.37. The molecule has 2 aliphatic rings. The van der Waals surface area contributed by atoms with Crippen LogP contribution in [0, 0.1) is 18.8 Å². The maximum absolute atomic E-state index is 12.4. The van der Waals surface area contributed by atoms with E-state index in [1.807, 2.05) is 19.9 Å². The second-order valence-corrected chi connectivity index (χ2v) is 7.80. The molecule has 8 heteroatoms. The Bertz CT molecular complexity index is 795. The molecule has 0 radical (unpaired) electrons. The molecular weight excluding hydrogens is 364 g/mol. The molecule has 1 amide bonds. The highest BCUT2D eigenvalue weighted by Gasteiger charge is 2.69. The molecule has 1 aliphatic carbocycles. The van der Waals surface area contributed by atoms with Crippen molar-refractivity contribution < 1.29 is 29.4 Å². The monoisotopic (exact) mass is 390 g/mol. The lowest BCUT2D eigenvalue weighted by atomic mass is 9.73. The van der Waals surface area contributed by atoms with Crippen LogP contribution in [-0.4, -0.2) is 51.6 Å². The van der Waals surface area contributed by atoms with E-state index < -0.39 is 23.4 Å². The fourth-order valence-electron chi connectivity index (χ4n) is 4.24. The van der Waals surface area contributed by atoms with Crippen LogP contribution in [0.25, 0.3) is 0 Å². The van der Waals surface area contributed by atoms with Crippen LogP contribution < -0.4 is 5.48 Å². The molecule has 152 valence electrons. The smallest absolute Gasteiger partial charge is 0.336 e. The van der Waals surface area contributed by atoms with E-state index in [2.05, 4.69) is 5.48 Å². The molecule has 3 atom stereocenters. The number of hydrogen-bond acceptors (Lipinski definition) is 5. The third-order valence-corrected chi connectivity index (χ3v) is 5.84. The minimum absolute atomic E-state index is 0.0796. The summed E-state index contributed by atoms with van der Waals surface area (Å²) >= 11 is 0. The molecule has 1 aromatic rings. The molecule has 3 N–H and O–H groups in total. The summed E-state index contributed by atoms with van der Waals surface area (Å²) in [5.41, 5.74) is 3.50. The number of hydroxylamine groups is 1. The molecule has 3 unspecified atom stereocenters. The summed E-state index contributed by atoms with van der Waals surface area (Å²) in [6.45, 7) is 4.62. The zero-order chi connectivity index (χ0) is 20.5. The molecule has 0 aromatic heterocycles. The van der Waals surface area contributed by atoms with Gasteiger partial charge in [0.05, 0.1) is 18.1 Å². The van der Waals surface area contributed by atoms with E-state index in [0.29, 0.717) is 37.4 Å². The largest absolute Gasteiger partial charge is 0.481 e. The highest BCUT2D eigenvalue weighted by Crippen LogP contribution is 2.51. The van der Waals surface area contributed by atoms with Crippen LogP contribution >= 0.6 is 0 Å². The molecule has 1 saturated carbocycles. The van der Waals surface area contributed by atoms with Gasteiger partial charge in [-0.2, -0.15) is 0 Å². The fourth-order valence-corrected chi connectivity index (χ4v) is 4.24. The summed E-state index contributed by atoms with van der Waals surface area (Å²) in [4.78, 5) is 42.3. The second-order valence-electron chi connectivity index (χ2n) is 7.80. The van der Waals surface area contributed by atoms with E-state index >= 15 is 0 Å². The maximum Gasteiger partial charge on any atom is 0.336 e. The molecule has 0 bridgehead atoms. The van der Waals surface area contributed by atoms with Crippen LogP contribution in [0.3, 0.4) is 0 Å². The molecule has 28 heavy (non-hydrogen) atoms. The van der Waals surface area contributed by atoms with Crippen molar-refractivity contribution in [1.29, 1.82) is 0 Å². The number of rotatable bonds is 8. The predicted octanol–water partition coefficient (Wildman–Crippen LogP) is 1.82. The van der Waals surface area contributed by atoms with Gasteiger partial charge in [-0.05, 0) is 43.7 Å². The summed E-state index contributed by atoms with van der Waals surface area (Å²) in [7, 11) is 0. The summed E-state index contributed by atoms with van der Waals surface area (Å²) in [6, 6.07) is 5.12. The van der Waals surface area contributed by atoms with Crippen molar-refractivity contribution in [1.82, 2.24) is 10.4 Å². The van der Waals surface area contributed by atoms with E-state index in [-0.39, 0.29) is 18.1 Å². The first-order valence-electron chi connectivity index (χ1n) is 9.49. The Labute approximate surface area is 163 Å². The van der Waals surface area contributed by atoms with Crippen molar-refractivity contribution >= 4 is 17.8 Å². The Balaban J connectivity index is 1.50. The lowest BCUT2D eigenvalue weighted by molar-refractivity contribution is -0.146. The van der Waals surface area contributed by atoms with Gasteiger partial charge in [0, 0.05) is 13.1 Å².